The Hall–Kier alpha value is -0.710. The van der Waals surface area contributed by atoms with E-state index in [1.165, 1.54) is 28.0 Å². The molecule has 0 bridgehead atoms. The van der Waals surface area contributed by atoms with Crippen molar-refractivity contribution in [3.8, 4) is 0 Å². The lowest BCUT2D eigenvalue weighted by Crippen LogP contribution is -2.33. The molecule has 10 heteroatoms. The Labute approximate surface area is 140 Å². The van der Waals surface area contributed by atoms with Crippen LogP contribution in [0.25, 0.3) is 0 Å². The molecule has 1 aliphatic heterocycles. The fourth-order valence-corrected chi connectivity index (χ4v) is 4.73. The maximum absolute atomic E-state index is 11.9. The van der Waals surface area contributed by atoms with Crippen LogP contribution in [0.4, 0.5) is 5.13 Å². The van der Waals surface area contributed by atoms with Gasteiger partial charge in [-0.05, 0) is 12.7 Å². The maximum atomic E-state index is 11.9. The average molecular weight is 363 g/mol. The molecule has 1 aliphatic rings. The molecule has 21 heavy (non-hydrogen) atoms. The van der Waals surface area contributed by atoms with Crippen molar-refractivity contribution in [2.24, 2.45) is 0 Å². The molecule has 0 saturated carbocycles. The summed E-state index contributed by atoms with van der Waals surface area (Å²) in [7, 11) is 0. The highest BCUT2D eigenvalue weighted by atomic mass is 32.2. The first-order chi connectivity index (χ1) is 10.0. The van der Waals surface area contributed by atoms with Crippen molar-refractivity contribution in [1.29, 1.82) is 0 Å². The Morgan fingerprint density at radius 3 is 2.90 bits per heavy atom. The van der Waals surface area contributed by atoms with Gasteiger partial charge in [-0.3, -0.25) is 14.5 Å². The zero-order valence-electron chi connectivity index (χ0n) is 11.5. The molecule has 1 unspecified atom stereocenters. The SMILES string of the molecule is CCSc1nnc(NC(=O)CCN2C(=O)C(C)SC2=S)s1. The molecule has 1 fully saturated rings. The first-order valence-electron chi connectivity index (χ1n) is 6.29. The minimum Gasteiger partial charge on any atom is -0.300 e. The number of aromatic nitrogens is 2. The van der Waals surface area contributed by atoms with E-state index in [9.17, 15) is 9.59 Å². The highest BCUT2D eigenvalue weighted by Crippen LogP contribution is 2.27. The smallest absolute Gasteiger partial charge is 0.241 e. The molecule has 1 atom stereocenters. The number of nitrogens with zero attached hydrogens (tertiary/aromatic N) is 3. The van der Waals surface area contributed by atoms with E-state index in [4.69, 9.17) is 12.2 Å². The van der Waals surface area contributed by atoms with Crippen molar-refractivity contribution in [2.45, 2.75) is 29.9 Å². The molecule has 2 amide bonds. The molecule has 6 nitrogen and oxygen atoms in total. The number of carbonyl (C=O) groups excluding carboxylic acids is 2. The third-order valence-corrected chi connectivity index (χ3v) is 5.94. The summed E-state index contributed by atoms with van der Waals surface area (Å²) >= 11 is 9.40. The van der Waals surface area contributed by atoms with Gasteiger partial charge in [-0.2, -0.15) is 0 Å². The Morgan fingerprint density at radius 2 is 2.29 bits per heavy atom. The fraction of sp³-hybridized carbons (Fsp3) is 0.545. The van der Waals surface area contributed by atoms with E-state index in [1.54, 1.807) is 11.8 Å². The molecule has 114 valence electrons. The number of thiocarbonyl (C=S) groups is 1. The van der Waals surface area contributed by atoms with Crippen LogP contribution in [0.1, 0.15) is 20.3 Å². The molecule has 2 rings (SSSR count). The summed E-state index contributed by atoms with van der Waals surface area (Å²) in [5, 5.41) is 10.9. The van der Waals surface area contributed by atoms with Gasteiger partial charge in [0.1, 0.15) is 4.32 Å². The zero-order chi connectivity index (χ0) is 15.4. The summed E-state index contributed by atoms with van der Waals surface area (Å²) in [6.45, 7) is 4.14. The molecule has 2 heterocycles. The number of thioether (sulfide) groups is 2. The van der Waals surface area contributed by atoms with Crippen LogP contribution in [0.3, 0.4) is 0 Å². The molecule has 0 radical (unpaired) electrons. The Balaban J connectivity index is 1.82. The normalized spacial score (nSPS) is 18.4. The van der Waals surface area contributed by atoms with Crippen molar-refractivity contribution < 1.29 is 9.59 Å². The van der Waals surface area contributed by atoms with E-state index in [1.807, 2.05) is 13.8 Å². The van der Waals surface area contributed by atoms with E-state index in [0.717, 1.165) is 10.1 Å². The van der Waals surface area contributed by atoms with Gasteiger partial charge in [0.25, 0.3) is 0 Å². The first-order valence-corrected chi connectivity index (χ1v) is 9.38. The minimum atomic E-state index is -0.195. The first kappa shape index (κ1) is 16.7. The van der Waals surface area contributed by atoms with E-state index in [-0.39, 0.29) is 23.5 Å². The van der Waals surface area contributed by atoms with Gasteiger partial charge in [-0.25, -0.2) is 0 Å². The Morgan fingerprint density at radius 1 is 1.52 bits per heavy atom. The van der Waals surface area contributed by atoms with Crippen molar-refractivity contribution >= 4 is 68.3 Å². The van der Waals surface area contributed by atoms with Gasteiger partial charge in [0, 0.05) is 13.0 Å². The van der Waals surface area contributed by atoms with Crippen LogP contribution in [-0.2, 0) is 9.59 Å². The predicted molar refractivity (Wildman–Crippen MR) is 90.9 cm³/mol. The van der Waals surface area contributed by atoms with Crippen molar-refractivity contribution in [2.75, 3.05) is 17.6 Å². The second-order valence-electron chi connectivity index (χ2n) is 4.12. The van der Waals surface area contributed by atoms with Crippen LogP contribution in [-0.4, -0.2) is 48.8 Å². The molecular weight excluding hydrogens is 348 g/mol. The number of carbonyl (C=O) groups is 2. The minimum absolute atomic E-state index is 0.0321. The number of nitrogens with one attached hydrogen (secondary N) is 1. The Kier molecular flexibility index (Phi) is 5.97. The summed E-state index contributed by atoms with van der Waals surface area (Å²) in [6.07, 6.45) is 0.189. The molecule has 1 aromatic rings. The molecule has 0 aliphatic carbocycles. The zero-order valence-corrected chi connectivity index (χ0v) is 14.8. The summed E-state index contributed by atoms with van der Waals surface area (Å²) in [6, 6.07) is 0. The topological polar surface area (TPSA) is 75.2 Å². The maximum Gasteiger partial charge on any atom is 0.241 e. The van der Waals surface area contributed by atoms with Gasteiger partial charge in [0.15, 0.2) is 4.34 Å². The lowest BCUT2D eigenvalue weighted by atomic mass is 10.3. The average Bonchev–Trinajstić information content (AvgIpc) is 2.95. The molecule has 0 aromatic carbocycles. The van der Waals surface area contributed by atoms with Gasteiger partial charge < -0.3 is 5.32 Å². The van der Waals surface area contributed by atoms with Crippen LogP contribution >= 0.6 is 47.1 Å². The van der Waals surface area contributed by atoms with Gasteiger partial charge in [-0.1, -0.05) is 54.0 Å². The summed E-state index contributed by atoms with van der Waals surface area (Å²) in [5.41, 5.74) is 0. The van der Waals surface area contributed by atoms with E-state index in [2.05, 4.69) is 15.5 Å². The lowest BCUT2D eigenvalue weighted by molar-refractivity contribution is -0.126. The molecule has 1 N–H and O–H groups in total. The molecule has 1 aromatic heterocycles. The van der Waals surface area contributed by atoms with Crippen LogP contribution in [0, 0.1) is 0 Å². The van der Waals surface area contributed by atoms with Gasteiger partial charge in [0.2, 0.25) is 16.9 Å². The van der Waals surface area contributed by atoms with E-state index < -0.39 is 0 Å². The monoisotopic (exact) mass is 362 g/mol. The summed E-state index contributed by atoms with van der Waals surface area (Å²) < 4.78 is 1.37. The largest absolute Gasteiger partial charge is 0.300 e. The van der Waals surface area contributed by atoms with E-state index in [0.29, 0.717) is 16.0 Å². The second-order valence-corrected chi connectivity index (χ2v) is 8.58. The third-order valence-electron chi connectivity index (χ3n) is 2.59. The fourth-order valence-electron chi connectivity index (χ4n) is 1.61. The van der Waals surface area contributed by atoms with Crippen molar-refractivity contribution in [3.63, 3.8) is 0 Å². The highest BCUT2D eigenvalue weighted by Gasteiger charge is 2.33. The number of rotatable bonds is 6. The number of hydrogen-bond donors (Lipinski definition) is 1. The van der Waals surface area contributed by atoms with Crippen LogP contribution in [0.2, 0.25) is 0 Å². The predicted octanol–water partition coefficient (Wildman–Crippen LogP) is 2.23. The summed E-state index contributed by atoms with van der Waals surface area (Å²) in [5.74, 6) is 0.683. The highest BCUT2D eigenvalue weighted by molar-refractivity contribution is 8.24. The van der Waals surface area contributed by atoms with Crippen LogP contribution < -0.4 is 5.32 Å². The summed E-state index contributed by atoms with van der Waals surface area (Å²) in [4.78, 5) is 25.2. The van der Waals surface area contributed by atoms with Crippen molar-refractivity contribution in [3.05, 3.63) is 0 Å². The number of anilines is 1. The lowest BCUT2D eigenvalue weighted by Gasteiger charge is -2.14. The van der Waals surface area contributed by atoms with Crippen molar-refractivity contribution in [1.82, 2.24) is 15.1 Å². The third kappa shape index (κ3) is 4.38. The number of amides is 2. The molecule has 1 saturated heterocycles. The second kappa shape index (κ2) is 7.52. The Bertz CT molecular complexity index is 562. The molecule has 0 spiro atoms. The van der Waals surface area contributed by atoms with Crippen LogP contribution in [0.15, 0.2) is 4.34 Å². The standard InChI is InChI=1S/C11H14N4O2S4/c1-3-19-10-14-13-9(21-10)12-7(16)4-5-15-8(17)6(2)20-11(15)18/h6H,3-5H2,1-2H3,(H,12,13,16). The van der Waals surface area contributed by atoms with Gasteiger partial charge >= 0.3 is 0 Å². The van der Waals surface area contributed by atoms with E-state index >= 15 is 0 Å². The quantitative estimate of drug-likeness (QED) is 0.472. The number of hydrogen-bond acceptors (Lipinski definition) is 8. The van der Waals surface area contributed by atoms with Gasteiger partial charge in [0.05, 0.1) is 5.25 Å². The van der Waals surface area contributed by atoms with Crippen LogP contribution in [0.5, 0.6) is 0 Å². The molecular formula is C11H14N4O2S4. The van der Waals surface area contributed by atoms with Gasteiger partial charge in [-0.15, -0.1) is 10.2 Å².